The van der Waals surface area contributed by atoms with Crippen molar-refractivity contribution in [3.05, 3.63) is 104 Å². The lowest BCUT2D eigenvalue weighted by molar-refractivity contribution is -0.996. The SMILES string of the molecule is [O-][NH+](O)c1ccc([C@@H](Cl)[C@@H](Cl)c2ccc([C@@H](Cl)[C@@H](Cl)c3ccc([NH+]([O-])O)cc3[NH+]([O-])O)cc2)c([NH+]([O-])O)c1. The van der Waals surface area contributed by atoms with Crippen LogP contribution in [0.3, 0.4) is 0 Å². The van der Waals surface area contributed by atoms with Crippen LogP contribution in [0.2, 0.25) is 0 Å². The molecule has 0 bridgehead atoms. The second kappa shape index (κ2) is 13.1. The maximum absolute atomic E-state index is 11.7. The third-order valence-corrected chi connectivity index (χ3v) is 7.98. The number of rotatable bonds is 10. The Hall–Kier alpha value is -1.66. The molecule has 0 heterocycles. The van der Waals surface area contributed by atoms with Crippen molar-refractivity contribution in [1.29, 1.82) is 0 Å². The van der Waals surface area contributed by atoms with E-state index in [2.05, 4.69) is 0 Å². The average Bonchev–Trinajstić information content (AvgIpc) is 2.90. The summed E-state index contributed by atoms with van der Waals surface area (Å²) in [7, 11) is 0. The summed E-state index contributed by atoms with van der Waals surface area (Å²) in [4.78, 5) is 0. The van der Waals surface area contributed by atoms with E-state index in [4.69, 9.17) is 56.8 Å². The van der Waals surface area contributed by atoms with Gasteiger partial charge >= 0.3 is 0 Å². The molecule has 8 N–H and O–H groups in total. The van der Waals surface area contributed by atoms with E-state index in [1.807, 2.05) is 0 Å². The Morgan fingerprint density at radius 3 is 1.05 bits per heavy atom. The molecule has 0 aromatic heterocycles. The Labute approximate surface area is 235 Å². The van der Waals surface area contributed by atoms with E-state index in [1.165, 1.54) is 24.3 Å². The van der Waals surface area contributed by atoms with E-state index < -0.39 is 42.4 Å². The molecule has 0 aliphatic rings. The number of hydrogen-bond acceptors (Lipinski definition) is 8. The Kier molecular flexibility index (Phi) is 10.7. The van der Waals surface area contributed by atoms with Crippen LogP contribution < -0.4 is 20.9 Å². The molecule has 206 valence electrons. The molecule has 16 heteroatoms. The first-order chi connectivity index (χ1) is 17.8. The van der Waals surface area contributed by atoms with Crippen molar-refractivity contribution in [1.82, 2.24) is 0 Å². The van der Waals surface area contributed by atoms with Gasteiger partial charge in [0.05, 0.1) is 33.6 Å². The van der Waals surface area contributed by atoms with Gasteiger partial charge < -0.3 is 20.8 Å². The van der Waals surface area contributed by atoms with E-state index in [1.54, 1.807) is 24.3 Å². The molecule has 3 rings (SSSR count). The molecule has 0 saturated carbocycles. The van der Waals surface area contributed by atoms with Crippen LogP contribution in [0.5, 0.6) is 0 Å². The molecule has 0 amide bonds. The normalized spacial score (nSPS) is 18.2. The molecule has 0 fully saturated rings. The molecule has 12 nitrogen and oxygen atoms in total. The van der Waals surface area contributed by atoms with E-state index >= 15 is 0 Å². The van der Waals surface area contributed by atoms with Crippen LogP contribution in [-0.2, 0) is 0 Å². The Balaban J connectivity index is 1.84. The molecule has 3 aromatic carbocycles. The molecule has 0 spiro atoms. The van der Waals surface area contributed by atoms with Crippen molar-refractivity contribution < 1.29 is 41.7 Å². The van der Waals surface area contributed by atoms with Crippen LogP contribution in [0.1, 0.15) is 43.8 Å². The Morgan fingerprint density at radius 2 is 0.789 bits per heavy atom. The van der Waals surface area contributed by atoms with Crippen LogP contribution in [-0.4, -0.2) is 20.8 Å². The number of quaternary nitrogens is 4. The largest absolute Gasteiger partial charge is 0.595 e. The van der Waals surface area contributed by atoms with Gasteiger partial charge in [0, 0.05) is 23.3 Å². The summed E-state index contributed by atoms with van der Waals surface area (Å²) in [5.41, 5.74) is 0.269. The van der Waals surface area contributed by atoms with Gasteiger partial charge in [-0.2, -0.15) is 20.9 Å². The van der Waals surface area contributed by atoms with Gasteiger partial charge in [0.15, 0.2) is 22.7 Å². The quantitative estimate of drug-likeness (QED) is 0.126. The predicted octanol–water partition coefficient (Wildman–Crippen LogP) is 1.82. The summed E-state index contributed by atoms with van der Waals surface area (Å²) in [6.45, 7) is 0. The van der Waals surface area contributed by atoms with Crippen molar-refractivity contribution in [3.8, 4) is 0 Å². The van der Waals surface area contributed by atoms with E-state index in [0.29, 0.717) is 11.1 Å². The van der Waals surface area contributed by atoms with Crippen LogP contribution >= 0.6 is 46.4 Å². The van der Waals surface area contributed by atoms with Crippen molar-refractivity contribution in [3.63, 3.8) is 0 Å². The minimum Gasteiger partial charge on any atom is -0.595 e. The second-order valence-corrected chi connectivity index (χ2v) is 9.98. The predicted molar refractivity (Wildman–Crippen MR) is 137 cm³/mol. The van der Waals surface area contributed by atoms with Crippen LogP contribution in [0.25, 0.3) is 0 Å². The number of hydrogen-bond donors (Lipinski definition) is 8. The lowest BCUT2D eigenvalue weighted by Crippen LogP contribution is -3.01. The first-order valence-electron chi connectivity index (χ1n) is 10.7. The highest BCUT2D eigenvalue weighted by molar-refractivity contribution is 6.31. The van der Waals surface area contributed by atoms with Gasteiger partial charge in [-0.25, -0.2) is 20.8 Å². The first kappa shape index (κ1) is 30.9. The standard InChI is InChI=1S/C22H22Cl4N4O8/c23-19(21(25)15-7-5-13(27(31)32)9-17(15)29(35)36)11-1-2-12(4-3-11)20(24)22(26)16-8-6-14(28(33)34)10-18(16)30(37)38/h1-10,19-22,27-31,33,35,37H/t19-,20+,21+,22-. The fourth-order valence-corrected chi connectivity index (χ4v) is 4.98. The summed E-state index contributed by atoms with van der Waals surface area (Å²) >= 11 is 26.1. The molecule has 0 radical (unpaired) electrons. The van der Waals surface area contributed by atoms with Gasteiger partial charge in [0.25, 0.3) is 0 Å². The number of halogens is 4. The monoisotopic (exact) mass is 610 g/mol. The van der Waals surface area contributed by atoms with Crippen LogP contribution in [0.4, 0.5) is 22.7 Å². The lowest BCUT2D eigenvalue weighted by atomic mass is 9.97. The molecular weight excluding hydrogens is 590 g/mol. The number of benzene rings is 3. The summed E-state index contributed by atoms with van der Waals surface area (Å²) in [6.07, 6.45) is 0. The maximum Gasteiger partial charge on any atom is 0.174 e. The minimum absolute atomic E-state index is 0.135. The third kappa shape index (κ3) is 6.91. The molecule has 0 saturated heterocycles. The highest BCUT2D eigenvalue weighted by Crippen LogP contribution is 2.44. The molecule has 4 unspecified atom stereocenters. The van der Waals surface area contributed by atoms with Crippen LogP contribution in [0, 0.1) is 20.8 Å². The highest BCUT2D eigenvalue weighted by atomic mass is 35.5. The van der Waals surface area contributed by atoms with Crippen molar-refractivity contribution in [2.24, 2.45) is 0 Å². The van der Waals surface area contributed by atoms with Crippen molar-refractivity contribution >= 4 is 69.2 Å². The third-order valence-electron chi connectivity index (χ3n) is 5.74. The first-order valence-corrected chi connectivity index (χ1v) is 12.4. The van der Waals surface area contributed by atoms with Crippen LogP contribution in [0.15, 0.2) is 60.7 Å². The zero-order valence-electron chi connectivity index (χ0n) is 19.0. The molecule has 8 atom stereocenters. The van der Waals surface area contributed by atoms with Gasteiger partial charge in [-0.15, -0.1) is 46.4 Å². The zero-order valence-corrected chi connectivity index (χ0v) is 22.0. The fraction of sp³-hybridized carbons (Fsp3) is 0.182. The van der Waals surface area contributed by atoms with E-state index in [0.717, 1.165) is 12.1 Å². The van der Waals surface area contributed by atoms with Crippen molar-refractivity contribution in [2.75, 3.05) is 0 Å². The average molecular weight is 612 g/mol. The molecular formula is C22H22Cl4N4O8. The molecule has 3 aromatic rings. The number of alkyl halides is 4. The lowest BCUT2D eigenvalue weighted by Gasteiger charge is -2.24. The smallest absolute Gasteiger partial charge is 0.174 e. The van der Waals surface area contributed by atoms with E-state index in [9.17, 15) is 31.2 Å². The summed E-state index contributed by atoms with van der Waals surface area (Å²) in [5.74, 6) is 0. The van der Waals surface area contributed by atoms with Gasteiger partial charge in [-0.05, 0) is 23.3 Å². The summed E-state index contributed by atoms with van der Waals surface area (Å²) in [5, 5.41) is 73.9. The van der Waals surface area contributed by atoms with Gasteiger partial charge in [0.1, 0.15) is 0 Å². The highest BCUT2D eigenvalue weighted by Gasteiger charge is 2.29. The molecule has 0 aliphatic carbocycles. The Bertz CT molecular complexity index is 1140. The van der Waals surface area contributed by atoms with Gasteiger partial charge in [0.2, 0.25) is 0 Å². The maximum atomic E-state index is 11.7. The summed E-state index contributed by atoms with van der Waals surface area (Å²) < 4.78 is 0. The second-order valence-electron chi connectivity index (χ2n) is 8.10. The summed E-state index contributed by atoms with van der Waals surface area (Å²) in [6, 6.07) is 13.5. The van der Waals surface area contributed by atoms with Gasteiger partial charge in [-0.1, -0.05) is 24.3 Å². The Morgan fingerprint density at radius 1 is 0.474 bits per heavy atom. The van der Waals surface area contributed by atoms with E-state index in [-0.39, 0.29) is 33.9 Å². The zero-order chi connectivity index (χ0) is 28.3. The molecule has 0 aliphatic heterocycles. The fourth-order valence-electron chi connectivity index (χ4n) is 3.75. The van der Waals surface area contributed by atoms with Gasteiger partial charge in [-0.3, -0.25) is 0 Å². The van der Waals surface area contributed by atoms with Crippen molar-refractivity contribution in [2.45, 2.75) is 21.5 Å². The number of nitrogens with one attached hydrogen (secondary N) is 4. The topological polar surface area (TPSA) is 191 Å². The minimum atomic E-state index is -1.36. The molecule has 38 heavy (non-hydrogen) atoms.